The Balaban J connectivity index is 0.00000192. The first-order valence-corrected chi connectivity index (χ1v) is 7.74. The number of carbonyl (C=O) groups excluding carboxylic acids is 2. The standard InChI is InChI=1S/C16H21N3O3.ClH/c1-10-15(20)19-13-4-2-3-12(14(13)22-10)16(21)18-8-6-11-5-7-17-9-11;/h2-4,10-11,17H,5-9H2,1H3,(H,18,21)(H,19,20);1H. The van der Waals surface area contributed by atoms with Gasteiger partial charge >= 0.3 is 0 Å². The van der Waals surface area contributed by atoms with Crippen LogP contribution in [0, 0.1) is 5.92 Å². The molecule has 2 amide bonds. The Morgan fingerprint density at radius 1 is 1.43 bits per heavy atom. The number of benzene rings is 1. The molecule has 2 atom stereocenters. The molecule has 0 saturated carbocycles. The summed E-state index contributed by atoms with van der Waals surface area (Å²) in [4.78, 5) is 24.0. The van der Waals surface area contributed by atoms with Gasteiger partial charge in [-0.3, -0.25) is 9.59 Å². The topological polar surface area (TPSA) is 79.5 Å². The summed E-state index contributed by atoms with van der Waals surface area (Å²) in [7, 11) is 0. The van der Waals surface area contributed by atoms with Crippen LogP contribution in [-0.4, -0.2) is 37.6 Å². The second-order valence-corrected chi connectivity index (χ2v) is 5.83. The van der Waals surface area contributed by atoms with Gasteiger partial charge in [-0.05, 0) is 50.9 Å². The highest BCUT2D eigenvalue weighted by Crippen LogP contribution is 2.33. The minimum Gasteiger partial charge on any atom is -0.478 e. The van der Waals surface area contributed by atoms with E-state index >= 15 is 0 Å². The number of para-hydroxylation sites is 1. The number of carbonyl (C=O) groups is 2. The molecular weight excluding hydrogens is 318 g/mol. The summed E-state index contributed by atoms with van der Waals surface area (Å²) in [6.07, 6.45) is 1.55. The Kier molecular flexibility index (Phi) is 5.85. The predicted molar refractivity (Wildman–Crippen MR) is 90.3 cm³/mol. The molecule has 3 N–H and O–H groups in total. The first kappa shape index (κ1) is 17.6. The SMILES string of the molecule is CC1Oc2c(cccc2C(=O)NCCC2CCNC2)NC1=O.Cl. The monoisotopic (exact) mass is 339 g/mol. The molecule has 3 rings (SSSR count). The summed E-state index contributed by atoms with van der Waals surface area (Å²) in [6, 6.07) is 5.20. The van der Waals surface area contributed by atoms with E-state index in [0.717, 1.165) is 19.5 Å². The summed E-state index contributed by atoms with van der Waals surface area (Å²) in [5, 5.41) is 9.02. The molecular formula is C16H22ClN3O3. The molecule has 2 aliphatic heterocycles. The molecule has 0 spiro atoms. The van der Waals surface area contributed by atoms with Crippen molar-refractivity contribution in [3.05, 3.63) is 23.8 Å². The zero-order chi connectivity index (χ0) is 15.5. The van der Waals surface area contributed by atoms with E-state index in [1.807, 2.05) is 0 Å². The highest BCUT2D eigenvalue weighted by atomic mass is 35.5. The molecule has 0 aromatic heterocycles. The van der Waals surface area contributed by atoms with Crippen LogP contribution in [0.1, 0.15) is 30.1 Å². The fourth-order valence-corrected chi connectivity index (χ4v) is 2.85. The van der Waals surface area contributed by atoms with Gasteiger partial charge in [0.15, 0.2) is 11.9 Å². The van der Waals surface area contributed by atoms with Gasteiger partial charge in [0.2, 0.25) is 0 Å². The number of anilines is 1. The number of fused-ring (bicyclic) bond motifs is 1. The molecule has 1 saturated heterocycles. The molecule has 6 nitrogen and oxygen atoms in total. The van der Waals surface area contributed by atoms with E-state index < -0.39 is 6.10 Å². The van der Waals surface area contributed by atoms with Gasteiger partial charge in [-0.1, -0.05) is 6.07 Å². The molecule has 7 heteroatoms. The van der Waals surface area contributed by atoms with Gasteiger partial charge in [-0.2, -0.15) is 0 Å². The van der Waals surface area contributed by atoms with E-state index in [2.05, 4.69) is 16.0 Å². The number of hydrogen-bond acceptors (Lipinski definition) is 4. The van der Waals surface area contributed by atoms with E-state index in [1.165, 1.54) is 6.42 Å². The highest BCUT2D eigenvalue weighted by molar-refractivity contribution is 6.03. The molecule has 2 heterocycles. The van der Waals surface area contributed by atoms with Crippen molar-refractivity contribution in [3.8, 4) is 5.75 Å². The molecule has 2 aliphatic rings. The van der Waals surface area contributed by atoms with Crippen molar-refractivity contribution in [2.75, 3.05) is 25.0 Å². The van der Waals surface area contributed by atoms with E-state index in [9.17, 15) is 9.59 Å². The molecule has 0 aliphatic carbocycles. The van der Waals surface area contributed by atoms with Crippen LogP contribution in [0.15, 0.2) is 18.2 Å². The predicted octanol–water partition coefficient (Wildman–Crippen LogP) is 1.56. The number of rotatable bonds is 4. The summed E-state index contributed by atoms with van der Waals surface area (Å²) in [6.45, 7) is 4.41. The molecule has 0 bridgehead atoms. The van der Waals surface area contributed by atoms with Crippen LogP contribution in [0.2, 0.25) is 0 Å². The van der Waals surface area contributed by atoms with Crippen molar-refractivity contribution in [2.45, 2.75) is 25.9 Å². The maximum atomic E-state index is 12.4. The van der Waals surface area contributed by atoms with Crippen molar-refractivity contribution in [1.82, 2.24) is 10.6 Å². The zero-order valence-electron chi connectivity index (χ0n) is 13.1. The van der Waals surface area contributed by atoms with Gasteiger partial charge in [0.1, 0.15) is 0 Å². The number of hydrogen-bond donors (Lipinski definition) is 3. The Morgan fingerprint density at radius 3 is 3.00 bits per heavy atom. The number of halogens is 1. The average molecular weight is 340 g/mol. The fourth-order valence-electron chi connectivity index (χ4n) is 2.85. The van der Waals surface area contributed by atoms with Crippen LogP contribution in [0.3, 0.4) is 0 Å². The third kappa shape index (κ3) is 3.95. The van der Waals surface area contributed by atoms with Crippen LogP contribution in [0.25, 0.3) is 0 Å². The van der Waals surface area contributed by atoms with Crippen molar-refractivity contribution in [1.29, 1.82) is 0 Å². The van der Waals surface area contributed by atoms with Gasteiger partial charge < -0.3 is 20.7 Å². The maximum absolute atomic E-state index is 12.4. The first-order valence-electron chi connectivity index (χ1n) is 7.74. The molecule has 126 valence electrons. The van der Waals surface area contributed by atoms with Crippen LogP contribution in [0.4, 0.5) is 5.69 Å². The number of ether oxygens (including phenoxy) is 1. The summed E-state index contributed by atoms with van der Waals surface area (Å²) in [5.41, 5.74) is 1.02. The average Bonchev–Trinajstić information content (AvgIpc) is 3.01. The minimum absolute atomic E-state index is 0. The Bertz CT molecular complexity index is 588. The summed E-state index contributed by atoms with van der Waals surface area (Å²) >= 11 is 0. The second kappa shape index (κ2) is 7.66. The normalized spacial score (nSPS) is 22.4. The lowest BCUT2D eigenvalue weighted by Crippen LogP contribution is -2.36. The third-order valence-corrected chi connectivity index (χ3v) is 4.18. The minimum atomic E-state index is -0.592. The van der Waals surface area contributed by atoms with Crippen molar-refractivity contribution < 1.29 is 14.3 Å². The van der Waals surface area contributed by atoms with Crippen LogP contribution >= 0.6 is 12.4 Å². The van der Waals surface area contributed by atoms with Crippen molar-refractivity contribution in [3.63, 3.8) is 0 Å². The Hall–Kier alpha value is -1.79. The molecule has 2 unspecified atom stereocenters. The van der Waals surface area contributed by atoms with Gasteiger partial charge in [0.25, 0.3) is 11.8 Å². The van der Waals surface area contributed by atoms with Gasteiger partial charge in [0, 0.05) is 6.54 Å². The summed E-state index contributed by atoms with van der Waals surface area (Å²) in [5.74, 6) is 0.736. The van der Waals surface area contributed by atoms with E-state index in [4.69, 9.17) is 4.74 Å². The van der Waals surface area contributed by atoms with E-state index in [-0.39, 0.29) is 24.2 Å². The van der Waals surface area contributed by atoms with Crippen LogP contribution in [-0.2, 0) is 4.79 Å². The number of nitrogens with one attached hydrogen (secondary N) is 3. The van der Waals surface area contributed by atoms with Crippen LogP contribution in [0.5, 0.6) is 5.75 Å². The third-order valence-electron chi connectivity index (χ3n) is 4.18. The quantitative estimate of drug-likeness (QED) is 0.777. The summed E-state index contributed by atoms with van der Waals surface area (Å²) < 4.78 is 5.59. The molecule has 1 aromatic rings. The molecule has 1 fully saturated rings. The van der Waals surface area contributed by atoms with Gasteiger partial charge in [-0.25, -0.2) is 0 Å². The second-order valence-electron chi connectivity index (χ2n) is 5.83. The van der Waals surface area contributed by atoms with Crippen molar-refractivity contribution >= 4 is 29.9 Å². The lowest BCUT2D eigenvalue weighted by atomic mass is 10.0. The zero-order valence-corrected chi connectivity index (χ0v) is 13.9. The largest absolute Gasteiger partial charge is 0.478 e. The maximum Gasteiger partial charge on any atom is 0.265 e. The first-order chi connectivity index (χ1) is 10.6. The number of amides is 2. The van der Waals surface area contributed by atoms with E-state index in [0.29, 0.717) is 29.5 Å². The Labute approximate surface area is 141 Å². The smallest absolute Gasteiger partial charge is 0.265 e. The van der Waals surface area contributed by atoms with Crippen molar-refractivity contribution in [2.24, 2.45) is 5.92 Å². The highest BCUT2D eigenvalue weighted by Gasteiger charge is 2.27. The molecule has 23 heavy (non-hydrogen) atoms. The van der Waals surface area contributed by atoms with Gasteiger partial charge in [0.05, 0.1) is 11.3 Å². The van der Waals surface area contributed by atoms with E-state index in [1.54, 1.807) is 25.1 Å². The molecule has 0 radical (unpaired) electrons. The molecule has 1 aromatic carbocycles. The van der Waals surface area contributed by atoms with Crippen LogP contribution < -0.4 is 20.7 Å². The lowest BCUT2D eigenvalue weighted by molar-refractivity contribution is -0.122. The Morgan fingerprint density at radius 2 is 2.26 bits per heavy atom. The lowest BCUT2D eigenvalue weighted by Gasteiger charge is -2.25. The van der Waals surface area contributed by atoms with Gasteiger partial charge in [-0.15, -0.1) is 12.4 Å². The fraction of sp³-hybridized carbons (Fsp3) is 0.500.